The number of rotatable bonds is 1. The average Bonchev–Trinajstić information content (AvgIpc) is 2.26. The molecule has 0 radical (unpaired) electrons. The number of anilines is 1. The SMILES string of the molecule is CC(=O)N1CCSc2cc(S(=O)(=O)Cl)ccc21. The molecule has 0 unspecified atom stereocenters. The van der Waals surface area contributed by atoms with Crippen molar-refractivity contribution in [2.24, 2.45) is 0 Å². The summed E-state index contributed by atoms with van der Waals surface area (Å²) in [4.78, 5) is 13.9. The molecule has 1 aliphatic rings. The molecular weight excluding hydrogens is 282 g/mol. The molecule has 7 heteroatoms. The van der Waals surface area contributed by atoms with Crippen LogP contribution >= 0.6 is 22.4 Å². The predicted molar refractivity (Wildman–Crippen MR) is 68.2 cm³/mol. The van der Waals surface area contributed by atoms with Crippen LogP contribution in [0.15, 0.2) is 28.0 Å². The molecular formula is C10H10ClNO3S2. The number of benzene rings is 1. The van der Waals surface area contributed by atoms with Gasteiger partial charge in [-0.15, -0.1) is 11.8 Å². The van der Waals surface area contributed by atoms with Gasteiger partial charge < -0.3 is 4.90 Å². The summed E-state index contributed by atoms with van der Waals surface area (Å²) in [7, 11) is 1.56. The topological polar surface area (TPSA) is 54.5 Å². The molecule has 0 N–H and O–H groups in total. The molecule has 0 atom stereocenters. The third kappa shape index (κ3) is 2.59. The van der Waals surface area contributed by atoms with Crippen molar-refractivity contribution in [3.8, 4) is 0 Å². The minimum atomic E-state index is -3.72. The summed E-state index contributed by atoms with van der Waals surface area (Å²) in [5.41, 5.74) is 0.748. The van der Waals surface area contributed by atoms with E-state index in [4.69, 9.17) is 10.7 Å². The zero-order valence-electron chi connectivity index (χ0n) is 9.01. The number of carbonyl (C=O) groups excluding carboxylic acids is 1. The van der Waals surface area contributed by atoms with E-state index in [9.17, 15) is 13.2 Å². The van der Waals surface area contributed by atoms with E-state index in [1.165, 1.54) is 30.8 Å². The minimum Gasteiger partial charge on any atom is -0.311 e. The van der Waals surface area contributed by atoms with E-state index in [1.807, 2.05) is 0 Å². The Bertz CT molecular complexity index is 571. The maximum atomic E-state index is 11.4. The monoisotopic (exact) mass is 291 g/mol. The van der Waals surface area contributed by atoms with Gasteiger partial charge in [-0.25, -0.2) is 8.42 Å². The summed E-state index contributed by atoms with van der Waals surface area (Å²) < 4.78 is 22.4. The van der Waals surface area contributed by atoms with Gasteiger partial charge in [-0.2, -0.15) is 0 Å². The van der Waals surface area contributed by atoms with Gasteiger partial charge in [0.15, 0.2) is 0 Å². The maximum absolute atomic E-state index is 11.4. The van der Waals surface area contributed by atoms with Crippen molar-refractivity contribution in [2.45, 2.75) is 16.7 Å². The van der Waals surface area contributed by atoms with Gasteiger partial charge in [-0.05, 0) is 18.2 Å². The van der Waals surface area contributed by atoms with E-state index >= 15 is 0 Å². The number of hydrogen-bond donors (Lipinski definition) is 0. The summed E-state index contributed by atoms with van der Waals surface area (Å²) in [5.74, 6) is 0.700. The van der Waals surface area contributed by atoms with Crippen LogP contribution in [0.4, 0.5) is 5.69 Å². The number of carbonyl (C=O) groups is 1. The van der Waals surface area contributed by atoms with E-state index in [2.05, 4.69) is 0 Å². The van der Waals surface area contributed by atoms with Crippen molar-refractivity contribution in [2.75, 3.05) is 17.2 Å². The van der Waals surface area contributed by atoms with Gasteiger partial charge in [-0.3, -0.25) is 4.79 Å². The van der Waals surface area contributed by atoms with Crippen LogP contribution in [-0.4, -0.2) is 26.6 Å². The molecule has 2 rings (SSSR count). The van der Waals surface area contributed by atoms with E-state index in [-0.39, 0.29) is 10.8 Å². The Kier molecular flexibility index (Phi) is 3.38. The first-order chi connectivity index (χ1) is 7.89. The van der Waals surface area contributed by atoms with E-state index in [0.29, 0.717) is 6.54 Å². The van der Waals surface area contributed by atoms with E-state index in [0.717, 1.165) is 16.3 Å². The number of fused-ring (bicyclic) bond motifs is 1. The first kappa shape index (κ1) is 12.7. The zero-order chi connectivity index (χ0) is 12.6. The highest BCUT2D eigenvalue weighted by atomic mass is 35.7. The largest absolute Gasteiger partial charge is 0.311 e. The third-order valence-corrected chi connectivity index (χ3v) is 4.83. The fourth-order valence-corrected chi connectivity index (χ4v) is 3.56. The highest BCUT2D eigenvalue weighted by Gasteiger charge is 2.22. The molecule has 0 aliphatic carbocycles. The third-order valence-electron chi connectivity index (χ3n) is 2.46. The van der Waals surface area contributed by atoms with Gasteiger partial charge >= 0.3 is 0 Å². The second-order valence-corrected chi connectivity index (χ2v) is 7.29. The Morgan fingerprint density at radius 3 is 2.76 bits per heavy atom. The van der Waals surface area contributed by atoms with Crippen molar-refractivity contribution in [3.63, 3.8) is 0 Å². The van der Waals surface area contributed by atoms with Crippen LogP contribution in [0.3, 0.4) is 0 Å². The van der Waals surface area contributed by atoms with Gasteiger partial charge in [0.05, 0.1) is 10.6 Å². The Hall–Kier alpha value is -0.720. The molecule has 92 valence electrons. The molecule has 1 amide bonds. The lowest BCUT2D eigenvalue weighted by Gasteiger charge is -2.28. The van der Waals surface area contributed by atoms with Crippen molar-refractivity contribution in [1.29, 1.82) is 0 Å². The van der Waals surface area contributed by atoms with Crippen molar-refractivity contribution in [1.82, 2.24) is 0 Å². The Morgan fingerprint density at radius 2 is 2.18 bits per heavy atom. The van der Waals surface area contributed by atoms with Crippen molar-refractivity contribution >= 4 is 43.1 Å². The molecule has 1 heterocycles. The van der Waals surface area contributed by atoms with Gasteiger partial charge in [0, 0.05) is 34.8 Å². The molecule has 1 aromatic carbocycles. The molecule has 0 spiro atoms. The molecule has 0 saturated heterocycles. The Labute approximate surface area is 108 Å². The fourth-order valence-electron chi connectivity index (χ4n) is 1.68. The Balaban J connectivity index is 2.51. The molecule has 0 bridgehead atoms. The lowest BCUT2D eigenvalue weighted by molar-refractivity contribution is -0.116. The summed E-state index contributed by atoms with van der Waals surface area (Å²) in [6.07, 6.45) is 0. The van der Waals surface area contributed by atoms with Gasteiger partial charge in [-0.1, -0.05) is 0 Å². The second-order valence-electron chi connectivity index (χ2n) is 3.59. The van der Waals surface area contributed by atoms with Crippen LogP contribution in [0.5, 0.6) is 0 Å². The lowest BCUT2D eigenvalue weighted by Crippen LogP contribution is -2.33. The molecule has 1 aliphatic heterocycles. The zero-order valence-corrected chi connectivity index (χ0v) is 11.4. The summed E-state index contributed by atoms with van der Waals surface area (Å²) in [5, 5.41) is 0. The first-order valence-corrected chi connectivity index (χ1v) is 8.19. The quantitative estimate of drug-likeness (QED) is 0.743. The van der Waals surface area contributed by atoms with Crippen LogP contribution in [0, 0.1) is 0 Å². The molecule has 1 aromatic rings. The van der Waals surface area contributed by atoms with Crippen LogP contribution in [0.1, 0.15) is 6.92 Å². The fraction of sp³-hybridized carbons (Fsp3) is 0.300. The smallest absolute Gasteiger partial charge is 0.261 e. The van der Waals surface area contributed by atoms with Crippen LogP contribution in [0.2, 0.25) is 0 Å². The number of amides is 1. The molecule has 0 aromatic heterocycles. The van der Waals surface area contributed by atoms with Crippen LogP contribution < -0.4 is 4.90 Å². The highest BCUT2D eigenvalue weighted by molar-refractivity contribution is 8.13. The number of nitrogens with zero attached hydrogens (tertiary/aromatic N) is 1. The summed E-state index contributed by atoms with van der Waals surface area (Å²) in [6, 6.07) is 4.55. The highest BCUT2D eigenvalue weighted by Crippen LogP contribution is 2.36. The molecule has 0 fully saturated rings. The normalized spacial score (nSPS) is 15.5. The average molecular weight is 292 g/mol. The molecule has 0 saturated carbocycles. The Morgan fingerprint density at radius 1 is 1.47 bits per heavy atom. The standard InChI is InChI=1S/C10H10ClNO3S2/c1-7(13)12-4-5-16-10-6-8(17(11,14)15)2-3-9(10)12/h2-3,6H,4-5H2,1H3. The minimum absolute atomic E-state index is 0.0481. The van der Waals surface area contributed by atoms with E-state index < -0.39 is 9.05 Å². The summed E-state index contributed by atoms with van der Waals surface area (Å²) in [6.45, 7) is 2.13. The van der Waals surface area contributed by atoms with Crippen molar-refractivity contribution in [3.05, 3.63) is 18.2 Å². The van der Waals surface area contributed by atoms with Crippen LogP contribution in [0.25, 0.3) is 0 Å². The number of hydrogen-bond acceptors (Lipinski definition) is 4. The van der Waals surface area contributed by atoms with Gasteiger partial charge in [0.2, 0.25) is 5.91 Å². The molecule has 17 heavy (non-hydrogen) atoms. The van der Waals surface area contributed by atoms with Crippen LogP contribution in [-0.2, 0) is 13.8 Å². The van der Waals surface area contributed by atoms with Crippen molar-refractivity contribution < 1.29 is 13.2 Å². The van der Waals surface area contributed by atoms with Gasteiger partial charge in [0.1, 0.15) is 0 Å². The van der Waals surface area contributed by atoms with Gasteiger partial charge in [0.25, 0.3) is 9.05 Å². The van der Waals surface area contributed by atoms with E-state index in [1.54, 1.807) is 11.0 Å². The maximum Gasteiger partial charge on any atom is 0.261 e. The first-order valence-electron chi connectivity index (χ1n) is 4.89. The lowest BCUT2D eigenvalue weighted by atomic mass is 10.2. The number of thioether (sulfide) groups is 1. The number of halogens is 1. The summed E-state index contributed by atoms with van der Waals surface area (Å²) >= 11 is 1.52. The predicted octanol–water partition coefficient (Wildman–Crippen LogP) is 2.07. The second kappa shape index (κ2) is 4.51. The molecule has 4 nitrogen and oxygen atoms in total.